The van der Waals surface area contributed by atoms with Crippen molar-refractivity contribution in [3.05, 3.63) is 71.0 Å². The van der Waals surface area contributed by atoms with Crippen LogP contribution in [-0.2, 0) is 22.6 Å². The van der Waals surface area contributed by atoms with Crippen molar-refractivity contribution in [3.63, 3.8) is 0 Å². The summed E-state index contributed by atoms with van der Waals surface area (Å²) in [4.78, 5) is 10.3. The molecule has 4 rings (SSSR count). The number of ether oxygens (including phenoxy) is 2. The first-order valence-corrected chi connectivity index (χ1v) is 11.6. The average Bonchev–Trinajstić information content (AvgIpc) is 3.44. The summed E-state index contributed by atoms with van der Waals surface area (Å²) in [5, 5.41) is 20.5. The van der Waals surface area contributed by atoms with E-state index in [-0.39, 0.29) is 17.2 Å². The highest BCUT2D eigenvalue weighted by Gasteiger charge is 2.08. The molecule has 0 saturated carbocycles. The molecule has 3 N–H and O–H groups in total. The molecule has 0 atom stereocenters. The van der Waals surface area contributed by atoms with Crippen molar-refractivity contribution in [1.29, 1.82) is 0 Å². The highest BCUT2D eigenvalue weighted by molar-refractivity contribution is 5.83. The molecule has 9 heteroatoms. The van der Waals surface area contributed by atoms with E-state index >= 15 is 0 Å². The van der Waals surface area contributed by atoms with E-state index in [1.165, 1.54) is 17.0 Å². The predicted molar refractivity (Wildman–Crippen MR) is 141 cm³/mol. The summed E-state index contributed by atoms with van der Waals surface area (Å²) in [5.41, 5.74) is 8.81. The zero-order chi connectivity index (χ0) is 25.6. The Kier molecular flexibility index (Phi) is 11.8. The predicted octanol–water partition coefficient (Wildman–Crippen LogP) is 4.84. The second-order valence-corrected chi connectivity index (χ2v) is 7.85. The van der Waals surface area contributed by atoms with Crippen molar-refractivity contribution < 1.29 is 19.5 Å². The summed E-state index contributed by atoms with van der Waals surface area (Å²) in [5.74, 6) is 0. The molecular formula is C26H36N4O5. The first kappa shape index (κ1) is 27.8. The van der Waals surface area contributed by atoms with E-state index in [9.17, 15) is 10.1 Å². The van der Waals surface area contributed by atoms with Crippen LogP contribution in [0, 0.1) is 10.1 Å². The second kappa shape index (κ2) is 14.8. The Labute approximate surface area is 205 Å². The molecule has 190 valence electrons. The zero-order valence-corrected chi connectivity index (χ0v) is 20.7. The Morgan fingerprint density at radius 2 is 1.37 bits per heavy atom. The van der Waals surface area contributed by atoms with Crippen LogP contribution < -0.4 is 5.73 Å². The van der Waals surface area contributed by atoms with Crippen molar-refractivity contribution >= 4 is 33.2 Å². The van der Waals surface area contributed by atoms with Crippen LogP contribution in [0.5, 0.6) is 0 Å². The molecule has 35 heavy (non-hydrogen) atoms. The van der Waals surface area contributed by atoms with E-state index in [2.05, 4.69) is 22.9 Å². The number of nitro groups is 1. The molecule has 0 bridgehead atoms. The van der Waals surface area contributed by atoms with Crippen molar-refractivity contribution in [2.75, 3.05) is 39.8 Å². The topological polar surface area (TPSA) is 118 Å². The summed E-state index contributed by atoms with van der Waals surface area (Å²) >= 11 is 0. The lowest BCUT2D eigenvalue weighted by Crippen LogP contribution is -2.00. The van der Waals surface area contributed by atoms with E-state index in [1.54, 1.807) is 33.3 Å². The normalized spacial score (nSPS) is 10.5. The molecule has 9 nitrogen and oxygen atoms in total. The maximum atomic E-state index is 10.7. The number of rotatable bonds is 9. The van der Waals surface area contributed by atoms with Crippen molar-refractivity contribution in [3.8, 4) is 0 Å². The molecule has 0 fully saturated rings. The molecule has 0 aliphatic rings. The Morgan fingerprint density at radius 3 is 1.86 bits per heavy atom. The van der Waals surface area contributed by atoms with Gasteiger partial charge in [0.25, 0.3) is 5.69 Å². The number of aliphatic hydroxyl groups is 1. The van der Waals surface area contributed by atoms with Crippen molar-refractivity contribution in [2.45, 2.75) is 32.9 Å². The number of nitro benzene ring substituents is 1. The highest BCUT2D eigenvalue weighted by atomic mass is 16.6. The Morgan fingerprint density at radius 1 is 0.886 bits per heavy atom. The number of nitrogens with two attached hydrogens (primary N) is 1. The molecule has 0 unspecified atom stereocenters. The fourth-order valence-corrected chi connectivity index (χ4v) is 3.64. The number of aliphatic hydroxyl groups excluding tert-OH is 1. The summed E-state index contributed by atoms with van der Waals surface area (Å²) < 4.78 is 14.3. The molecule has 2 aromatic carbocycles. The number of anilines is 1. The van der Waals surface area contributed by atoms with Crippen LogP contribution in [0.2, 0.25) is 0 Å². The van der Waals surface area contributed by atoms with Crippen LogP contribution in [0.4, 0.5) is 11.4 Å². The number of non-ortho nitro benzene ring substituents is 1. The number of benzene rings is 2. The average molecular weight is 485 g/mol. The lowest BCUT2D eigenvalue weighted by Gasteiger charge is -2.05. The summed E-state index contributed by atoms with van der Waals surface area (Å²) in [6, 6.07) is 15.0. The van der Waals surface area contributed by atoms with Crippen LogP contribution in [0.25, 0.3) is 21.8 Å². The maximum Gasteiger partial charge on any atom is 0.271 e. The van der Waals surface area contributed by atoms with Crippen molar-refractivity contribution in [2.24, 2.45) is 0 Å². The van der Waals surface area contributed by atoms with E-state index in [0.717, 1.165) is 49.1 Å². The molecule has 0 radical (unpaired) electrons. The monoisotopic (exact) mass is 484 g/mol. The number of methoxy groups -OCH3 is 2. The SMILES string of the molecule is CCO.COCCCn1ccc2ccc(N)cc21.COCCCn1ccc2ccc([N+](=O)[O-])cc21. The molecule has 0 aliphatic carbocycles. The van der Waals surface area contributed by atoms with Gasteiger partial charge in [-0.3, -0.25) is 10.1 Å². The minimum Gasteiger partial charge on any atom is -0.399 e. The maximum absolute atomic E-state index is 10.7. The molecular weight excluding hydrogens is 448 g/mol. The lowest BCUT2D eigenvalue weighted by molar-refractivity contribution is -0.384. The summed E-state index contributed by atoms with van der Waals surface area (Å²) in [6.45, 7) is 5.19. The van der Waals surface area contributed by atoms with E-state index in [1.807, 2.05) is 29.0 Å². The third kappa shape index (κ3) is 8.40. The van der Waals surface area contributed by atoms with Crippen LogP contribution in [0.15, 0.2) is 60.9 Å². The van der Waals surface area contributed by atoms with Gasteiger partial charge in [0.1, 0.15) is 0 Å². The van der Waals surface area contributed by atoms with Gasteiger partial charge in [-0.25, -0.2) is 0 Å². The lowest BCUT2D eigenvalue weighted by atomic mass is 10.2. The number of nitrogens with zero attached hydrogens (tertiary/aromatic N) is 3. The van der Waals surface area contributed by atoms with Gasteiger partial charge in [0.2, 0.25) is 0 Å². The van der Waals surface area contributed by atoms with Gasteiger partial charge in [-0.1, -0.05) is 6.07 Å². The van der Waals surface area contributed by atoms with Crippen molar-refractivity contribution in [1.82, 2.24) is 9.13 Å². The molecule has 0 spiro atoms. The number of aromatic nitrogens is 2. The number of nitrogen functional groups attached to an aromatic ring is 1. The van der Waals surface area contributed by atoms with E-state index in [4.69, 9.17) is 20.3 Å². The number of fused-ring (bicyclic) bond motifs is 2. The minimum absolute atomic E-state index is 0.129. The largest absolute Gasteiger partial charge is 0.399 e. The fraction of sp³-hybridized carbons (Fsp3) is 0.385. The highest BCUT2D eigenvalue weighted by Crippen LogP contribution is 2.22. The van der Waals surface area contributed by atoms with Gasteiger partial charge in [0.05, 0.1) is 16.0 Å². The Balaban J connectivity index is 0.000000223. The molecule has 0 aliphatic heterocycles. The third-order valence-electron chi connectivity index (χ3n) is 5.26. The molecule has 4 aromatic rings. The Bertz CT molecular complexity index is 1190. The van der Waals surface area contributed by atoms with Crippen LogP contribution >= 0.6 is 0 Å². The first-order chi connectivity index (χ1) is 16.9. The van der Waals surface area contributed by atoms with Gasteiger partial charge < -0.3 is 29.4 Å². The third-order valence-corrected chi connectivity index (χ3v) is 5.26. The smallest absolute Gasteiger partial charge is 0.271 e. The van der Waals surface area contributed by atoms with E-state index in [0.29, 0.717) is 6.61 Å². The molecule has 0 saturated heterocycles. The summed E-state index contributed by atoms with van der Waals surface area (Å²) in [7, 11) is 3.39. The van der Waals surface area contributed by atoms with Gasteiger partial charge in [0.15, 0.2) is 0 Å². The van der Waals surface area contributed by atoms with Crippen LogP contribution in [0.1, 0.15) is 19.8 Å². The zero-order valence-electron chi connectivity index (χ0n) is 20.7. The summed E-state index contributed by atoms with van der Waals surface area (Å²) in [6.07, 6.45) is 5.96. The fourth-order valence-electron chi connectivity index (χ4n) is 3.64. The molecule has 0 amide bonds. The first-order valence-electron chi connectivity index (χ1n) is 11.6. The quantitative estimate of drug-likeness (QED) is 0.152. The van der Waals surface area contributed by atoms with Gasteiger partial charge in [-0.15, -0.1) is 0 Å². The molecule has 2 heterocycles. The van der Waals surface area contributed by atoms with Gasteiger partial charge in [-0.05, 0) is 55.5 Å². The number of hydrogen-bond donors (Lipinski definition) is 2. The second-order valence-electron chi connectivity index (χ2n) is 7.85. The van der Waals surface area contributed by atoms with E-state index < -0.39 is 0 Å². The van der Waals surface area contributed by atoms with Crippen LogP contribution in [-0.4, -0.2) is 53.2 Å². The minimum atomic E-state index is -0.369. The Hall–Kier alpha value is -3.40. The van der Waals surface area contributed by atoms with Gasteiger partial charge in [0, 0.05) is 82.7 Å². The van der Waals surface area contributed by atoms with Gasteiger partial charge in [-0.2, -0.15) is 0 Å². The van der Waals surface area contributed by atoms with Crippen LogP contribution in [0.3, 0.4) is 0 Å². The molecule has 2 aromatic heterocycles. The number of aryl methyl sites for hydroxylation is 2. The number of hydrogen-bond acceptors (Lipinski definition) is 6. The standard InChI is InChI=1S/C12H14N2O3.C12H16N2O.C2H6O/c1-17-8-2-6-13-7-5-10-3-4-11(14(15)16)9-12(10)13;1-15-8-2-6-14-7-5-10-3-4-11(13)9-12(10)14;1-2-3/h3-5,7,9H,2,6,8H2,1H3;3-5,7,9H,2,6,8,13H2,1H3;3H,2H2,1H3. The van der Waals surface area contributed by atoms with Gasteiger partial charge >= 0.3 is 0 Å².